The number of hydrogen-bond acceptors (Lipinski definition) is 3. The quantitative estimate of drug-likeness (QED) is 0.705. The molecule has 0 atom stereocenters. The van der Waals surface area contributed by atoms with Gasteiger partial charge in [0.2, 0.25) is 0 Å². The molecule has 2 aromatic carbocycles. The lowest BCUT2D eigenvalue weighted by Gasteiger charge is -2.21. The minimum atomic E-state index is -0.337. The van der Waals surface area contributed by atoms with E-state index in [2.05, 4.69) is 4.98 Å². The van der Waals surface area contributed by atoms with Gasteiger partial charge in [0.05, 0.1) is 12.2 Å². The van der Waals surface area contributed by atoms with Crippen LogP contribution >= 0.6 is 0 Å². The minimum absolute atomic E-state index is 0.119. The van der Waals surface area contributed by atoms with Crippen LogP contribution in [-0.2, 0) is 6.54 Å². The predicted octanol–water partition coefficient (Wildman–Crippen LogP) is 3.92. The Morgan fingerprint density at radius 1 is 1.08 bits per heavy atom. The summed E-state index contributed by atoms with van der Waals surface area (Å²) in [5.41, 5.74) is 2.77. The van der Waals surface area contributed by atoms with Crippen molar-refractivity contribution in [1.82, 2.24) is 9.88 Å². The molecule has 5 heteroatoms. The normalized spacial score (nSPS) is 13.5. The lowest BCUT2D eigenvalue weighted by Crippen LogP contribution is -2.32. The second-order valence-electron chi connectivity index (χ2n) is 6.09. The van der Waals surface area contributed by atoms with Crippen molar-refractivity contribution in [3.8, 4) is 17.0 Å². The Morgan fingerprint density at radius 2 is 1.92 bits per heavy atom. The molecule has 0 fully saturated rings. The number of fused-ring (bicyclic) bond motifs is 1. The third-order valence-electron chi connectivity index (χ3n) is 4.39. The highest BCUT2D eigenvalue weighted by atomic mass is 19.1. The van der Waals surface area contributed by atoms with Gasteiger partial charge in [-0.2, -0.15) is 0 Å². The van der Waals surface area contributed by atoms with Gasteiger partial charge in [0.1, 0.15) is 18.2 Å². The van der Waals surface area contributed by atoms with E-state index >= 15 is 0 Å². The zero-order chi connectivity index (χ0) is 17.9. The molecule has 0 saturated carbocycles. The molecule has 4 rings (SSSR count). The van der Waals surface area contributed by atoms with Crippen molar-refractivity contribution in [3.63, 3.8) is 0 Å². The van der Waals surface area contributed by atoms with Gasteiger partial charge in [-0.1, -0.05) is 24.3 Å². The van der Waals surface area contributed by atoms with Crippen LogP contribution in [0.3, 0.4) is 0 Å². The first-order valence-corrected chi connectivity index (χ1v) is 8.43. The molecule has 0 saturated heterocycles. The molecule has 0 unspecified atom stereocenters. The standard InChI is InChI=1S/C21H17FN2O2/c22-16-8-9-20-15(13-16)14-24(11-12-26-20)21(25)18-6-2-1-5-17(18)19-7-3-4-10-23-19/h1-10,13H,11-12,14H2. The Labute approximate surface area is 150 Å². The van der Waals surface area contributed by atoms with Crippen molar-refractivity contribution >= 4 is 5.91 Å². The van der Waals surface area contributed by atoms with Crippen LogP contribution in [0.4, 0.5) is 4.39 Å². The van der Waals surface area contributed by atoms with E-state index in [0.29, 0.717) is 36.6 Å². The van der Waals surface area contributed by atoms with Crippen LogP contribution in [0, 0.1) is 5.82 Å². The van der Waals surface area contributed by atoms with E-state index in [1.54, 1.807) is 23.2 Å². The Bertz CT molecular complexity index is 944. The first-order valence-electron chi connectivity index (χ1n) is 8.43. The van der Waals surface area contributed by atoms with Crippen LogP contribution in [0.1, 0.15) is 15.9 Å². The number of amides is 1. The highest BCUT2D eigenvalue weighted by Crippen LogP contribution is 2.27. The molecular weight excluding hydrogens is 331 g/mol. The molecule has 4 nitrogen and oxygen atoms in total. The smallest absolute Gasteiger partial charge is 0.254 e. The molecule has 0 radical (unpaired) electrons. The minimum Gasteiger partial charge on any atom is -0.491 e. The summed E-state index contributed by atoms with van der Waals surface area (Å²) >= 11 is 0. The molecule has 1 aromatic heterocycles. The van der Waals surface area contributed by atoms with Gasteiger partial charge in [-0.05, 0) is 36.4 Å². The number of nitrogens with zero attached hydrogens (tertiary/aromatic N) is 2. The van der Waals surface area contributed by atoms with E-state index in [9.17, 15) is 9.18 Å². The molecular formula is C21H17FN2O2. The Balaban J connectivity index is 1.68. The van der Waals surface area contributed by atoms with Gasteiger partial charge in [-0.25, -0.2) is 4.39 Å². The van der Waals surface area contributed by atoms with E-state index < -0.39 is 0 Å². The average Bonchev–Trinajstić information content (AvgIpc) is 2.90. The van der Waals surface area contributed by atoms with Gasteiger partial charge in [-0.3, -0.25) is 9.78 Å². The number of rotatable bonds is 2. The number of pyridine rings is 1. The highest BCUT2D eigenvalue weighted by molar-refractivity contribution is 6.00. The van der Waals surface area contributed by atoms with Crippen molar-refractivity contribution in [2.75, 3.05) is 13.2 Å². The summed E-state index contributed by atoms with van der Waals surface area (Å²) in [5.74, 6) is 0.169. The maximum Gasteiger partial charge on any atom is 0.254 e. The van der Waals surface area contributed by atoms with Crippen molar-refractivity contribution in [2.45, 2.75) is 6.54 Å². The largest absolute Gasteiger partial charge is 0.491 e. The van der Waals surface area contributed by atoms with Crippen LogP contribution in [-0.4, -0.2) is 28.9 Å². The molecule has 2 heterocycles. The molecule has 1 aliphatic rings. The molecule has 0 aliphatic carbocycles. The molecule has 3 aromatic rings. The molecule has 0 bridgehead atoms. The molecule has 1 aliphatic heterocycles. The van der Waals surface area contributed by atoms with E-state index in [1.165, 1.54) is 12.1 Å². The van der Waals surface area contributed by atoms with Gasteiger partial charge < -0.3 is 9.64 Å². The zero-order valence-electron chi connectivity index (χ0n) is 14.1. The number of halogens is 1. The summed E-state index contributed by atoms with van der Waals surface area (Å²) in [6.45, 7) is 1.12. The molecule has 0 N–H and O–H groups in total. The van der Waals surface area contributed by atoms with Gasteiger partial charge >= 0.3 is 0 Å². The van der Waals surface area contributed by atoms with Crippen molar-refractivity contribution in [3.05, 3.63) is 83.8 Å². The fraction of sp³-hybridized carbons (Fsp3) is 0.143. The van der Waals surface area contributed by atoms with E-state index in [1.807, 2.05) is 36.4 Å². The summed E-state index contributed by atoms with van der Waals surface area (Å²) < 4.78 is 19.3. The summed E-state index contributed by atoms with van der Waals surface area (Å²) in [5, 5.41) is 0. The Kier molecular flexibility index (Phi) is 4.35. The first kappa shape index (κ1) is 16.3. The van der Waals surface area contributed by atoms with Crippen LogP contribution in [0.15, 0.2) is 66.9 Å². The average molecular weight is 348 g/mol. The maximum atomic E-state index is 13.6. The maximum absolute atomic E-state index is 13.6. The predicted molar refractivity (Wildman–Crippen MR) is 96.3 cm³/mol. The van der Waals surface area contributed by atoms with E-state index in [0.717, 1.165) is 11.3 Å². The Hall–Kier alpha value is -3.21. The highest BCUT2D eigenvalue weighted by Gasteiger charge is 2.23. The van der Waals surface area contributed by atoms with E-state index in [4.69, 9.17) is 4.74 Å². The van der Waals surface area contributed by atoms with Gasteiger partial charge in [-0.15, -0.1) is 0 Å². The second kappa shape index (κ2) is 6.96. The van der Waals surface area contributed by atoms with Crippen molar-refractivity contribution in [1.29, 1.82) is 0 Å². The van der Waals surface area contributed by atoms with Gasteiger partial charge in [0, 0.05) is 29.4 Å². The topological polar surface area (TPSA) is 42.4 Å². The van der Waals surface area contributed by atoms with Gasteiger partial charge in [0.15, 0.2) is 0 Å². The van der Waals surface area contributed by atoms with Crippen molar-refractivity contribution < 1.29 is 13.9 Å². The third-order valence-corrected chi connectivity index (χ3v) is 4.39. The van der Waals surface area contributed by atoms with Crippen molar-refractivity contribution in [2.24, 2.45) is 0 Å². The third kappa shape index (κ3) is 3.16. The molecule has 1 amide bonds. The zero-order valence-corrected chi connectivity index (χ0v) is 14.1. The molecule has 26 heavy (non-hydrogen) atoms. The van der Waals surface area contributed by atoms with Crippen LogP contribution in [0.5, 0.6) is 5.75 Å². The number of benzene rings is 2. The number of ether oxygens (including phenoxy) is 1. The lowest BCUT2D eigenvalue weighted by molar-refractivity contribution is 0.0734. The summed E-state index contributed by atoms with van der Waals surface area (Å²) in [6, 6.07) is 17.4. The summed E-state index contributed by atoms with van der Waals surface area (Å²) in [7, 11) is 0. The summed E-state index contributed by atoms with van der Waals surface area (Å²) in [6.07, 6.45) is 1.70. The monoisotopic (exact) mass is 348 g/mol. The second-order valence-corrected chi connectivity index (χ2v) is 6.09. The summed E-state index contributed by atoms with van der Waals surface area (Å²) in [4.78, 5) is 19.2. The number of carbonyl (C=O) groups is 1. The van der Waals surface area contributed by atoms with Gasteiger partial charge in [0.25, 0.3) is 5.91 Å². The fourth-order valence-electron chi connectivity index (χ4n) is 3.12. The van der Waals surface area contributed by atoms with Crippen LogP contribution in [0.2, 0.25) is 0 Å². The SMILES string of the molecule is O=C(c1ccccc1-c1ccccn1)N1CCOc2ccc(F)cc2C1. The van der Waals surface area contributed by atoms with Crippen LogP contribution in [0.25, 0.3) is 11.3 Å². The number of hydrogen-bond donors (Lipinski definition) is 0. The molecule has 130 valence electrons. The fourth-order valence-corrected chi connectivity index (χ4v) is 3.12. The first-order chi connectivity index (χ1) is 12.7. The van der Waals surface area contributed by atoms with Crippen LogP contribution < -0.4 is 4.74 Å². The number of carbonyl (C=O) groups excluding carboxylic acids is 1. The Morgan fingerprint density at radius 3 is 2.77 bits per heavy atom. The molecule has 0 spiro atoms. The van der Waals surface area contributed by atoms with E-state index in [-0.39, 0.29) is 11.7 Å². The lowest BCUT2D eigenvalue weighted by atomic mass is 10.0. The number of aromatic nitrogens is 1.